The van der Waals surface area contributed by atoms with Crippen LogP contribution in [0.3, 0.4) is 0 Å². The Balaban J connectivity index is 1.65. The summed E-state index contributed by atoms with van der Waals surface area (Å²) < 4.78 is 0. The van der Waals surface area contributed by atoms with E-state index in [0.29, 0.717) is 6.04 Å². The largest absolute Gasteiger partial charge is 0.385 e. The van der Waals surface area contributed by atoms with Gasteiger partial charge in [-0.1, -0.05) is 6.92 Å². The van der Waals surface area contributed by atoms with E-state index in [2.05, 4.69) is 28.5 Å². The first kappa shape index (κ1) is 14.4. The number of piperidine rings is 1. The van der Waals surface area contributed by atoms with E-state index >= 15 is 0 Å². The molecule has 1 fully saturated rings. The monoisotopic (exact) mass is 287 g/mol. The van der Waals surface area contributed by atoms with Crippen molar-refractivity contribution < 1.29 is 4.79 Å². The molecule has 1 saturated heterocycles. The number of likely N-dealkylation sites (N-methyl/N-ethyl adjacent to an activating group) is 1. The normalized spacial score (nSPS) is 22.2. The van der Waals surface area contributed by atoms with Gasteiger partial charge in [-0.2, -0.15) is 0 Å². The summed E-state index contributed by atoms with van der Waals surface area (Å²) in [4.78, 5) is 14.9. The smallest absolute Gasteiger partial charge is 0.251 e. The Hall–Kier alpha value is -1.55. The summed E-state index contributed by atoms with van der Waals surface area (Å²) in [5.41, 5.74) is 3.26. The van der Waals surface area contributed by atoms with E-state index in [0.717, 1.165) is 51.0 Å². The molecule has 4 heteroatoms. The number of carbonyl (C=O) groups is 1. The highest BCUT2D eigenvalue weighted by Crippen LogP contribution is 2.23. The van der Waals surface area contributed by atoms with Gasteiger partial charge in [0, 0.05) is 30.4 Å². The molecule has 2 aliphatic heterocycles. The van der Waals surface area contributed by atoms with Crippen molar-refractivity contribution in [2.45, 2.75) is 38.6 Å². The highest BCUT2D eigenvalue weighted by molar-refractivity contribution is 5.95. The maximum atomic E-state index is 12.4. The number of amides is 1. The molecule has 0 bridgehead atoms. The molecule has 1 atom stereocenters. The van der Waals surface area contributed by atoms with E-state index in [1.54, 1.807) is 0 Å². The molecule has 0 aromatic heterocycles. The summed E-state index contributed by atoms with van der Waals surface area (Å²) in [6.45, 7) is 6.42. The van der Waals surface area contributed by atoms with E-state index in [9.17, 15) is 4.79 Å². The quantitative estimate of drug-likeness (QED) is 0.896. The van der Waals surface area contributed by atoms with Gasteiger partial charge in [-0.3, -0.25) is 4.79 Å². The zero-order valence-electron chi connectivity index (χ0n) is 12.8. The van der Waals surface area contributed by atoms with Crippen LogP contribution in [0.4, 0.5) is 5.69 Å². The zero-order valence-corrected chi connectivity index (χ0v) is 12.8. The van der Waals surface area contributed by atoms with Crippen LogP contribution in [0.5, 0.6) is 0 Å². The molecule has 0 saturated carbocycles. The molecule has 1 amide bonds. The van der Waals surface area contributed by atoms with Crippen molar-refractivity contribution >= 4 is 11.6 Å². The van der Waals surface area contributed by atoms with Crippen LogP contribution >= 0.6 is 0 Å². The van der Waals surface area contributed by atoms with Gasteiger partial charge in [-0.15, -0.1) is 0 Å². The number of nitrogens with zero attached hydrogens (tertiary/aromatic N) is 1. The molecule has 2 N–H and O–H groups in total. The maximum Gasteiger partial charge on any atom is 0.251 e. The topological polar surface area (TPSA) is 44.4 Å². The van der Waals surface area contributed by atoms with Crippen molar-refractivity contribution in [2.24, 2.45) is 0 Å². The lowest BCUT2D eigenvalue weighted by atomic mass is 10.00. The SMILES string of the molecule is CCN1CCCC(NC(=O)c2ccc3c(c2)CCCN3)C1. The van der Waals surface area contributed by atoms with Gasteiger partial charge in [0.25, 0.3) is 5.91 Å². The molecule has 21 heavy (non-hydrogen) atoms. The Labute approximate surface area is 126 Å². The molecule has 4 nitrogen and oxygen atoms in total. The summed E-state index contributed by atoms with van der Waals surface area (Å²) in [6.07, 6.45) is 4.48. The minimum absolute atomic E-state index is 0.0753. The standard InChI is InChI=1S/C17H25N3O/c1-2-20-10-4-6-15(12-20)19-17(21)14-7-8-16-13(11-14)5-3-9-18-16/h7-8,11,15,18H,2-6,9-10,12H2,1H3,(H,19,21). The van der Waals surface area contributed by atoms with E-state index < -0.39 is 0 Å². The average Bonchev–Trinajstić information content (AvgIpc) is 2.54. The van der Waals surface area contributed by atoms with E-state index in [-0.39, 0.29) is 5.91 Å². The van der Waals surface area contributed by atoms with E-state index in [4.69, 9.17) is 0 Å². The molecule has 2 aliphatic rings. The van der Waals surface area contributed by atoms with Gasteiger partial charge in [0.05, 0.1) is 0 Å². The third-order valence-electron chi connectivity index (χ3n) is 4.59. The lowest BCUT2D eigenvalue weighted by molar-refractivity contribution is 0.0906. The van der Waals surface area contributed by atoms with Crippen LogP contribution in [-0.4, -0.2) is 43.0 Å². The number of aryl methyl sites for hydroxylation is 1. The first-order chi connectivity index (χ1) is 10.3. The van der Waals surface area contributed by atoms with Crippen molar-refractivity contribution in [2.75, 3.05) is 31.5 Å². The van der Waals surface area contributed by atoms with Gasteiger partial charge >= 0.3 is 0 Å². The molecule has 1 aromatic rings. The molecule has 1 unspecified atom stereocenters. The molecule has 0 aliphatic carbocycles. The summed E-state index contributed by atoms with van der Waals surface area (Å²) >= 11 is 0. The number of rotatable bonds is 3. The Morgan fingerprint density at radius 2 is 2.33 bits per heavy atom. The van der Waals surface area contributed by atoms with Crippen molar-refractivity contribution in [3.63, 3.8) is 0 Å². The molecule has 0 radical (unpaired) electrons. The van der Waals surface area contributed by atoms with Crippen LogP contribution in [0.15, 0.2) is 18.2 Å². The second-order valence-corrected chi connectivity index (χ2v) is 6.11. The predicted molar refractivity (Wildman–Crippen MR) is 85.9 cm³/mol. The van der Waals surface area contributed by atoms with E-state index in [1.165, 1.54) is 17.7 Å². The lowest BCUT2D eigenvalue weighted by Crippen LogP contribution is -2.47. The first-order valence-electron chi connectivity index (χ1n) is 8.16. The summed E-state index contributed by atoms with van der Waals surface area (Å²) in [5.74, 6) is 0.0753. The van der Waals surface area contributed by atoms with Crippen LogP contribution in [0.25, 0.3) is 0 Å². The van der Waals surface area contributed by atoms with Gasteiger partial charge in [0.15, 0.2) is 0 Å². The third-order valence-corrected chi connectivity index (χ3v) is 4.59. The average molecular weight is 287 g/mol. The fourth-order valence-electron chi connectivity index (χ4n) is 3.35. The molecule has 2 heterocycles. The van der Waals surface area contributed by atoms with Crippen LogP contribution < -0.4 is 10.6 Å². The van der Waals surface area contributed by atoms with Crippen LogP contribution in [0, 0.1) is 0 Å². The molecular weight excluding hydrogens is 262 g/mol. The number of nitrogens with one attached hydrogen (secondary N) is 2. The number of anilines is 1. The van der Waals surface area contributed by atoms with E-state index in [1.807, 2.05) is 12.1 Å². The fourth-order valence-corrected chi connectivity index (χ4v) is 3.35. The lowest BCUT2D eigenvalue weighted by Gasteiger charge is -2.32. The molecule has 3 rings (SSSR count). The van der Waals surface area contributed by atoms with Crippen LogP contribution in [0.1, 0.15) is 42.1 Å². The van der Waals surface area contributed by atoms with Crippen molar-refractivity contribution in [1.29, 1.82) is 0 Å². The Morgan fingerprint density at radius 1 is 1.43 bits per heavy atom. The Kier molecular flexibility index (Phi) is 4.44. The number of benzene rings is 1. The maximum absolute atomic E-state index is 12.4. The number of hydrogen-bond donors (Lipinski definition) is 2. The number of likely N-dealkylation sites (tertiary alicyclic amines) is 1. The van der Waals surface area contributed by atoms with Crippen LogP contribution in [-0.2, 0) is 6.42 Å². The van der Waals surface area contributed by atoms with Gasteiger partial charge in [-0.05, 0) is 62.5 Å². The van der Waals surface area contributed by atoms with Gasteiger partial charge < -0.3 is 15.5 Å². The molecular formula is C17H25N3O. The van der Waals surface area contributed by atoms with Crippen LogP contribution in [0.2, 0.25) is 0 Å². The molecule has 0 spiro atoms. The fraction of sp³-hybridized carbons (Fsp3) is 0.588. The third kappa shape index (κ3) is 3.38. The molecule has 1 aromatic carbocycles. The summed E-state index contributed by atoms with van der Waals surface area (Å²) in [5, 5.41) is 6.59. The summed E-state index contributed by atoms with van der Waals surface area (Å²) in [7, 11) is 0. The van der Waals surface area contributed by atoms with Gasteiger partial charge in [0.1, 0.15) is 0 Å². The van der Waals surface area contributed by atoms with Gasteiger partial charge in [-0.25, -0.2) is 0 Å². The highest BCUT2D eigenvalue weighted by atomic mass is 16.1. The Bertz CT molecular complexity index is 515. The van der Waals surface area contributed by atoms with Crippen molar-refractivity contribution in [3.8, 4) is 0 Å². The zero-order chi connectivity index (χ0) is 14.7. The highest BCUT2D eigenvalue weighted by Gasteiger charge is 2.21. The number of carbonyl (C=O) groups excluding carboxylic acids is 1. The van der Waals surface area contributed by atoms with Gasteiger partial charge in [0.2, 0.25) is 0 Å². The van der Waals surface area contributed by atoms with Crippen molar-refractivity contribution in [1.82, 2.24) is 10.2 Å². The Morgan fingerprint density at radius 3 is 3.19 bits per heavy atom. The minimum atomic E-state index is 0.0753. The number of hydrogen-bond acceptors (Lipinski definition) is 3. The van der Waals surface area contributed by atoms with Crippen molar-refractivity contribution in [3.05, 3.63) is 29.3 Å². The second-order valence-electron chi connectivity index (χ2n) is 6.11. The second kappa shape index (κ2) is 6.48. The number of fused-ring (bicyclic) bond motifs is 1. The predicted octanol–water partition coefficient (Wildman–Crippen LogP) is 2.26. The first-order valence-corrected chi connectivity index (χ1v) is 8.16. The minimum Gasteiger partial charge on any atom is -0.385 e. The molecule has 114 valence electrons. The summed E-state index contributed by atoms with van der Waals surface area (Å²) in [6, 6.07) is 6.33.